The maximum atomic E-state index is 11.9. The Morgan fingerprint density at radius 3 is 2.76 bits per heavy atom. The lowest BCUT2D eigenvalue weighted by Gasteiger charge is -2.11. The second kappa shape index (κ2) is 7.75. The Bertz CT molecular complexity index is 818. The van der Waals surface area contributed by atoms with Crippen molar-refractivity contribution in [2.75, 3.05) is 11.9 Å². The average Bonchev–Trinajstić information content (AvgIpc) is 3.01. The molecule has 0 fully saturated rings. The van der Waals surface area contributed by atoms with Crippen molar-refractivity contribution in [2.45, 2.75) is 19.9 Å². The van der Waals surface area contributed by atoms with Gasteiger partial charge in [0.15, 0.2) is 6.61 Å². The van der Waals surface area contributed by atoms with E-state index in [1.807, 2.05) is 13.8 Å². The lowest BCUT2D eigenvalue weighted by molar-refractivity contribution is -0.384. The van der Waals surface area contributed by atoms with E-state index in [0.29, 0.717) is 5.82 Å². The average molecular weight is 367 g/mol. The largest absolute Gasteiger partial charge is 0.452 e. The van der Waals surface area contributed by atoms with Crippen LogP contribution in [0.1, 0.15) is 30.2 Å². The van der Waals surface area contributed by atoms with Gasteiger partial charge in [-0.3, -0.25) is 14.9 Å². The fourth-order valence-corrected chi connectivity index (χ4v) is 2.18. The first-order chi connectivity index (χ1) is 11.8. The predicted octanol–water partition coefficient (Wildman–Crippen LogP) is 2.82. The molecule has 1 N–H and O–H groups in total. The van der Waals surface area contributed by atoms with E-state index in [0.717, 1.165) is 6.07 Å². The number of hydrogen-bond donors (Lipinski definition) is 1. The number of anilines is 1. The molecule has 0 unspecified atom stereocenters. The van der Waals surface area contributed by atoms with Crippen molar-refractivity contribution in [3.63, 3.8) is 0 Å². The zero-order chi connectivity index (χ0) is 18.6. The van der Waals surface area contributed by atoms with E-state index in [-0.39, 0.29) is 16.6 Å². The van der Waals surface area contributed by atoms with Gasteiger partial charge in [-0.2, -0.15) is 5.10 Å². The van der Waals surface area contributed by atoms with Gasteiger partial charge < -0.3 is 10.1 Å². The Kier molecular flexibility index (Phi) is 5.71. The molecule has 1 heterocycles. The van der Waals surface area contributed by atoms with Crippen LogP contribution in [0.25, 0.3) is 0 Å². The van der Waals surface area contributed by atoms with Gasteiger partial charge in [-0.1, -0.05) is 11.6 Å². The molecule has 0 aliphatic heterocycles. The van der Waals surface area contributed by atoms with Crippen LogP contribution in [-0.4, -0.2) is 33.2 Å². The summed E-state index contributed by atoms with van der Waals surface area (Å²) in [5.41, 5.74) is -0.488. The Morgan fingerprint density at radius 2 is 2.12 bits per heavy atom. The van der Waals surface area contributed by atoms with Crippen LogP contribution in [0.3, 0.4) is 0 Å². The zero-order valence-corrected chi connectivity index (χ0v) is 14.2. The molecule has 10 heteroatoms. The van der Waals surface area contributed by atoms with Crippen molar-refractivity contribution in [2.24, 2.45) is 0 Å². The molecule has 2 rings (SSSR count). The fraction of sp³-hybridized carbons (Fsp3) is 0.267. The predicted molar refractivity (Wildman–Crippen MR) is 89.6 cm³/mol. The van der Waals surface area contributed by atoms with Gasteiger partial charge in [0.1, 0.15) is 10.8 Å². The van der Waals surface area contributed by atoms with E-state index in [9.17, 15) is 19.7 Å². The maximum Gasteiger partial charge on any atom is 0.338 e. The highest BCUT2D eigenvalue weighted by molar-refractivity contribution is 6.32. The zero-order valence-electron chi connectivity index (χ0n) is 13.4. The number of amides is 1. The smallest absolute Gasteiger partial charge is 0.338 e. The quantitative estimate of drug-likeness (QED) is 0.477. The summed E-state index contributed by atoms with van der Waals surface area (Å²) in [6.07, 6.45) is 1.54. The van der Waals surface area contributed by atoms with Gasteiger partial charge in [0.2, 0.25) is 0 Å². The molecular formula is C15H15ClN4O5. The molecule has 1 amide bonds. The molecule has 0 saturated heterocycles. The minimum atomic E-state index is -0.868. The van der Waals surface area contributed by atoms with Crippen LogP contribution in [0.4, 0.5) is 11.5 Å². The Labute approximate surface area is 147 Å². The monoisotopic (exact) mass is 366 g/mol. The minimum absolute atomic E-state index is 0.0440. The summed E-state index contributed by atoms with van der Waals surface area (Å²) in [5, 5.41) is 17.4. The van der Waals surface area contributed by atoms with Gasteiger partial charge in [-0.25, -0.2) is 9.48 Å². The van der Waals surface area contributed by atoms with Crippen molar-refractivity contribution >= 4 is 35.0 Å². The van der Waals surface area contributed by atoms with Crippen molar-refractivity contribution in [1.29, 1.82) is 0 Å². The third kappa shape index (κ3) is 4.54. The topological polar surface area (TPSA) is 116 Å². The first-order valence-corrected chi connectivity index (χ1v) is 7.62. The Hall–Kier alpha value is -2.94. The molecule has 1 aromatic carbocycles. The van der Waals surface area contributed by atoms with Crippen molar-refractivity contribution in [3.8, 4) is 0 Å². The van der Waals surface area contributed by atoms with Crippen LogP contribution >= 0.6 is 11.6 Å². The fourth-order valence-electron chi connectivity index (χ4n) is 2.00. The molecule has 132 valence electrons. The third-order valence-electron chi connectivity index (χ3n) is 3.14. The highest BCUT2D eigenvalue weighted by Gasteiger charge is 2.18. The molecule has 0 aliphatic rings. The number of carbonyl (C=O) groups is 2. The van der Waals surface area contributed by atoms with Crippen molar-refractivity contribution < 1.29 is 19.2 Å². The van der Waals surface area contributed by atoms with Gasteiger partial charge >= 0.3 is 5.97 Å². The van der Waals surface area contributed by atoms with Gasteiger partial charge in [0, 0.05) is 18.2 Å². The molecular weight excluding hydrogens is 352 g/mol. The lowest BCUT2D eigenvalue weighted by atomic mass is 10.2. The van der Waals surface area contributed by atoms with E-state index in [1.165, 1.54) is 18.3 Å². The number of ether oxygens (including phenoxy) is 1. The highest BCUT2D eigenvalue weighted by atomic mass is 35.5. The normalized spacial score (nSPS) is 10.6. The van der Waals surface area contributed by atoms with Crippen LogP contribution in [0.2, 0.25) is 5.02 Å². The number of halogens is 1. The maximum absolute atomic E-state index is 11.9. The number of nitro benzene ring substituents is 1. The van der Waals surface area contributed by atoms with E-state index in [4.69, 9.17) is 16.3 Å². The number of nitrogens with one attached hydrogen (secondary N) is 1. The standard InChI is InChI=1S/C15H15ClN4O5/c1-9(2)19-13(5-6-17-19)18-14(21)8-25-15(22)10-3-4-11(16)12(7-10)20(23)24/h3-7,9H,8H2,1-2H3,(H,18,21). The van der Waals surface area contributed by atoms with Crippen LogP contribution < -0.4 is 5.32 Å². The Balaban J connectivity index is 1.98. The van der Waals surface area contributed by atoms with Crippen LogP contribution in [0.15, 0.2) is 30.5 Å². The molecule has 0 aliphatic carbocycles. The molecule has 2 aromatic rings. The third-order valence-corrected chi connectivity index (χ3v) is 3.46. The van der Waals surface area contributed by atoms with Crippen molar-refractivity contribution in [3.05, 3.63) is 51.2 Å². The van der Waals surface area contributed by atoms with E-state index in [2.05, 4.69) is 10.4 Å². The highest BCUT2D eigenvalue weighted by Crippen LogP contribution is 2.25. The summed E-state index contributed by atoms with van der Waals surface area (Å²) in [5.74, 6) is -0.954. The SMILES string of the molecule is CC(C)n1nccc1NC(=O)COC(=O)c1ccc(Cl)c([N+](=O)[O-])c1. The molecule has 0 spiro atoms. The molecule has 9 nitrogen and oxygen atoms in total. The van der Waals surface area contributed by atoms with E-state index in [1.54, 1.807) is 10.7 Å². The van der Waals surface area contributed by atoms with Crippen LogP contribution in [0.5, 0.6) is 0 Å². The van der Waals surface area contributed by atoms with Gasteiger partial charge in [0.05, 0.1) is 16.7 Å². The number of rotatable bonds is 6. The number of nitro groups is 1. The number of aromatic nitrogens is 2. The number of nitrogens with zero attached hydrogens (tertiary/aromatic N) is 3. The summed E-state index contributed by atoms with van der Waals surface area (Å²) in [7, 11) is 0. The Morgan fingerprint density at radius 1 is 1.40 bits per heavy atom. The van der Waals surface area contributed by atoms with E-state index < -0.39 is 29.1 Å². The summed E-state index contributed by atoms with van der Waals surface area (Å²) >= 11 is 5.68. The molecule has 0 saturated carbocycles. The number of carbonyl (C=O) groups excluding carboxylic acids is 2. The molecule has 0 atom stereocenters. The van der Waals surface area contributed by atoms with Gasteiger partial charge in [-0.05, 0) is 26.0 Å². The second-order valence-corrected chi connectivity index (χ2v) is 5.71. The molecule has 0 bridgehead atoms. The lowest BCUT2D eigenvalue weighted by Crippen LogP contribution is -2.23. The molecule has 0 radical (unpaired) electrons. The number of hydrogen-bond acceptors (Lipinski definition) is 6. The van der Waals surface area contributed by atoms with E-state index >= 15 is 0 Å². The van der Waals surface area contributed by atoms with Gasteiger partial charge in [-0.15, -0.1) is 0 Å². The van der Waals surface area contributed by atoms with Crippen LogP contribution in [0, 0.1) is 10.1 Å². The first-order valence-electron chi connectivity index (χ1n) is 7.24. The first kappa shape index (κ1) is 18.4. The number of benzene rings is 1. The summed E-state index contributed by atoms with van der Waals surface area (Å²) < 4.78 is 6.47. The molecule has 1 aromatic heterocycles. The van der Waals surface area contributed by atoms with Crippen LogP contribution in [-0.2, 0) is 9.53 Å². The molecule has 25 heavy (non-hydrogen) atoms. The summed E-state index contributed by atoms with van der Waals surface area (Å²) in [6, 6.07) is 5.15. The second-order valence-electron chi connectivity index (χ2n) is 5.30. The summed E-state index contributed by atoms with van der Waals surface area (Å²) in [4.78, 5) is 33.9. The summed E-state index contributed by atoms with van der Waals surface area (Å²) in [6.45, 7) is 3.25. The van der Waals surface area contributed by atoms with Crippen molar-refractivity contribution in [1.82, 2.24) is 9.78 Å². The number of esters is 1. The minimum Gasteiger partial charge on any atom is -0.452 e. The van der Waals surface area contributed by atoms with Gasteiger partial charge in [0.25, 0.3) is 11.6 Å².